The summed E-state index contributed by atoms with van der Waals surface area (Å²) in [5, 5.41) is 11.8. The number of carbonyl (C=O) groups is 2. The van der Waals surface area contributed by atoms with E-state index in [0.29, 0.717) is 42.8 Å². The lowest BCUT2D eigenvalue weighted by molar-refractivity contribution is -0.137. The molecule has 3 saturated heterocycles. The second-order valence-corrected chi connectivity index (χ2v) is 8.98. The van der Waals surface area contributed by atoms with Gasteiger partial charge in [0.1, 0.15) is 18.3 Å². The summed E-state index contributed by atoms with van der Waals surface area (Å²) >= 11 is 0. The fourth-order valence-electron chi connectivity index (χ4n) is 5.24. The van der Waals surface area contributed by atoms with Crippen LogP contribution >= 0.6 is 12.4 Å². The topological polar surface area (TPSA) is 91.4 Å². The number of nitrogens with one attached hydrogen (secondary N) is 1. The zero-order valence-corrected chi connectivity index (χ0v) is 19.3. The van der Waals surface area contributed by atoms with Gasteiger partial charge in [-0.05, 0) is 43.1 Å². The molecule has 176 valence electrons. The summed E-state index contributed by atoms with van der Waals surface area (Å²) in [6.45, 7) is 0. The predicted octanol–water partition coefficient (Wildman–Crippen LogP) is 4.34. The Kier molecular flexibility index (Phi) is 6.93. The van der Waals surface area contributed by atoms with Crippen molar-refractivity contribution in [3.63, 3.8) is 0 Å². The second-order valence-electron chi connectivity index (χ2n) is 8.98. The number of epoxide rings is 1. The van der Waals surface area contributed by atoms with E-state index in [9.17, 15) is 9.59 Å². The lowest BCUT2D eigenvalue weighted by atomic mass is 9.98. The van der Waals surface area contributed by atoms with Gasteiger partial charge in [0.05, 0.1) is 5.69 Å². The van der Waals surface area contributed by atoms with Gasteiger partial charge in [-0.1, -0.05) is 36.4 Å². The molecular formula is C25H29ClN2O5. The van der Waals surface area contributed by atoms with Crippen molar-refractivity contribution < 1.29 is 24.2 Å². The molecule has 7 nitrogen and oxygen atoms in total. The van der Waals surface area contributed by atoms with Crippen LogP contribution in [0.3, 0.4) is 0 Å². The van der Waals surface area contributed by atoms with Gasteiger partial charge in [0.2, 0.25) is 0 Å². The number of benzene rings is 2. The molecule has 4 atom stereocenters. The average Bonchev–Trinajstić information content (AvgIpc) is 3.53. The van der Waals surface area contributed by atoms with Crippen molar-refractivity contribution in [2.45, 2.75) is 62.5 Å². The highest BCUT2D eigenvalue weighted by Gasteiger charge is 2.62. The van der Waals surface area contributed by atoms with Gasteiger partial charge in [0.25, 0.3) is 0 Å². The Morgan fingerprint density at radius 2 is 1.82 bits per heavy atom. The first-order chi connectivity index (χ1) is 15.5. The number of piperidine rings is 1. The van der Waals surface area contributed by atoms with Gasteiger partial charge in [-0.15, -0.1) is 12.4 Å². The highest BCUT2D eigenvalue weighted by atomic mass is 35.5. The smallest absolute Gasteiger partial charge is 0.411 e. The molecule has 0 spiro atoms. The largest absolute Gasteiger partial charge is 0.481 e. The van der Waals surface area contributed by atoms with Crippen LogP contribution in [0.2, 0.25) is 0 Å². The van der Waals surface area contributed by atoms with Crippen LogP contribution in [0.1, 0.15) is 31.2 Å². The van der Waals surface area contributed by atoms with Crippen molar-refractivity contribution in [3.05, 3.63) is 54.1 Å². The van der Waals surface area contributed by atoms with Gasteiger partial charge in [-0.25, -0.2) is 4.79 Å². The van der Waals surface area contributed by atoms with Crippen molar-refractivity contribution in [1.29, 1.82) is 0 Å². The average molecular weight is 473 g/mol. The first kappa shape index (κ1) is 23.5. The van der Waals surface area contributed by atoms with Crippen LogP contribution < -0.4 is 5.32 Å². The van der Waals surface area contributed by atoms with Gasteiger partial charge in [0.15, 0.2) is 0 Å². The second kappa shape index (κ2) is 9.71. The lowest BCUT2D eigenvalue weighted by Gasteiger charge is -2.37. The molecule has 3 aliphatic heterocycles. The minimum atomic E-state index is -0.791. The van der Waals surface area contributed by atoms with Crippen molar-refractivity contribution in [3.8, 4) is 11.1 Å². The number of rotatable bonds is 7. The molecule has 4 unspecified atom stereocenters. The predicted molar refractivity (Wildman–Crippen MR) is 127 cm³/mol. The highest BCUT2D eigenvalue weighted by molar-refractivity contribution is 5.91. The molecule has 0 saturated carbocycles. The molecule has 2 bridgehead atoms. The molecule has 0 radical (unpaired) electrons. The van der Waals surface area contributed by atoms with E-state index in [4.69, 9.17) is 14.6 Å². The number of ether oxygens (including phenoxy) is 2. The fourth-order valence-corrected chi connectivity index (χ4v) is 5.24. The molecule has 0 aliphatic carbocycles. The Morgan fingerprint density at radius 1 is 1.12 bits per heavy atom. The number of halogens is 1. The Hall–Kier alpha value is -2.61. The SMILES string of the molecule is CN1C2CC(OC(=O)Nc3ccc(CCCC(=O)O)cc3-c3ccccc3)CC1C1OC12.Cl. The molecule has 8 heteroatoms. The van der Waals surface area contributed by atoms with Gasteiger partial charge in [-0.2, -0.15) is 0 Å². The number of likely N-dealkylation sites (N-methyl/N-ethyl adjacent to an activating group) is 1. The van der Waals surface area contributed by atoms with Gasteiger partial charge in [0, 0.05) is 36.9 Å². The lowest BCUT2D eigenvalue weighted by Crippen LogP contribution is -2.48. The number of hydrogen-bond acceptors (Lipinski definition) is 5. The van der Waals surface area contributed by atoms with Gasteiger partial charge in [-0.3, -0.25) is 15.0 Å². The summed E-state index contributed by atoms with van der Waals surface area (Å²) in [6, 6.07) is 16.3. The van der Waals surface area contributed by atoms with Crippen LogP contribution in [0.5, 0.6) is 0 Å². The van der Waals surface area contributed by atoms with Crippen LogP contribution in [0.15, 0.2) is 48.5 Å². The number of carbonyl (C=O) groups excluding carboxylic acids is 1. The number of nitrogens with zero attached hydrogens (tertiary/aromatic N) is 1. The van der Waals surface area contributed by atoms with Crippen molar-refractivity contribution in [1.82, 2.24) is 4.90 Å². The third-order valence-electron chi connectivity index (χ3n) is 6.91. The first-order valence-corrected chi connectivity index (χ1v) is 11.2. The summed E-state index contributed by atoms with van der Waals surface area (Å²) in [5.41, 5.74) is 3.60. The van der Waals surface area contributed by atoms with Crippen LogP contribution in [-0.2, 0) is 20.7 Å². The van der Waals surface area contributed by atoms with E-state index in [1.54, 1.807) is 0 Å². The summed E-state index contributed by atoms with van der Waals surface area (Å²) in [7, 11) is 2.13. The third-order valence-corrected chi connectivity index (χ3v) is 6.91. The summed E-state index contributed by atoms with van der Waals surface area (Å²) in [4.78, 5) is 26.0. The van der Waals surface area contributed by atoms with E-state index >= 15 is 0 Å². The van der Waals surface area contributed by atoms with E-state index in [1.807, 2.05) is 48.5 Å². The van der Waals surface area contributed by atoms with E-state index in [-0.39, 0.29) is 24.9 Å². The van der Waals surface area contributed by atoms with Crippen LogP contribution in [-0.4, -0.2) is 59.5 Å². The molecule has 2 aromatic carbocycles. The molecule has 5 rings (SSSR count). The number of anilines is 1. The van der Waals surface area contributed by atoms with Crippen LogP contribution in [0.25, 0.3) is 11.1 Å². The Morgan fingerprint density at radius 3 is 2.48 bits per heavy atom. The monoisotopic (exact) mass is 472 g/mol. The maximum atomic E-state index is 12.8. The Balaban J connectivity index is 0.00000259. The number of amides is 1. The molecule has 1 amide bonds. The number of morpholine rings is 1. The Labute approximate surface area is 199 Å². The molecule has 2 N–H and O–H groups in total. The number of carboxylic acid groups (broad SMARTS) is 1. The maximum absolute atomic E-state index is 12.8. The minimum Gasteiger partial charge on any atom is -0.481 e. The van der Waals surface area contributed by atoms with Crippen molar-refractivity contribution in [2.24, 2.45) is 0 Å². The molecule has 0 aromatic heterocycles. The third kappa shape index (κ3) is 5.00. The number of hydrogen-bond donors (Lipinski definition) is 2. The highest BCUT2D eigenvalue weighted by Crippen LogP contribution is 2.48. The molecule has 3 heterocycles. The first-order valence-electron chi connectivity index (χ1n) is 11.2. The van der Waals surface area contributed by atoms with E-state index in [1.165, 1.54) is 0 Å². The zero-order valence-electron chi connectivity index (χ0n) is 18.5. The maximum Gasteiger partial charge on any atom is 0.411 e. The summed E-state index contributed by atoms with van der Waals surface area (Å²) < 4.78 is 11.5. The van der Waals surface area contributed by atoms with Crippen molar-refractivity contribution in [2.75, 3.05) is 12.4 Å². The zero-order chi connectivity index (χ0) is 22.2. The molecule has 3 fully saturated rings. The quantitative estimate of drug-likeness (QED) is 0.582. The molecule has 2 aromatic rings. The van der Waals surface area contributed by atoms with E-state index in [0.717, 1.165) is 29.5 Å². The fraction of sp³-hybridized carbons (Fsp3) is 0.440. The van der Waals surface area contributed by atoms with Gasteiger partial charge >= 0.3 is 12.1 Å². The number of fused-ring (bicyclic) bond motifs is 5. The molecule has 3 aliphatic rings. The van der Waals surface area contributed by atoms with E-state index in [2.05, 4.69) is 17.3 Å². The van der Waals surface area contributed by atoms with Crippen LogP contribution in [0, 0.1) is 0 Å². The summed E-state index contributed by atoms with van der Waals surface area (Å²) in [6.07, 6.45) is 3.05. The van der Waals surface area contributed by atoms with Gasteiger partial charge < -0.3 is 14.6 Å². The summed E-state index contributed by atoms with van der Waals surface area (Å²) in [5.74, 6) is -0.791. The standard InChI is InChI=1S/C25H28N2O5.ClH/c1-27-20-13-17(14-21(27)24-23(20)32-24)31-25(30)26-19-11-10-15(6-5-9-22(28)29)12-18(19)16-7-3-2-4-8-16;/h2-4,7-8,10-12,17,20-21,23-24H,5-6,9,13-14H2,1H3,(H,26,30)(H,28,29);1H. The van der Waals surface area contributed by atoms with Crippen molar-refractivity contribution >= 4 is 30.2 Å². The molecule has 33 heavy (non-hydrogen) atoms. The number of aryl methyl sites for hydroxylation is 1. The van der Waals surface area contributed by atoms with E-state index < -0.39 is 12.1 Å². The minimum absolute atomic E-state index is 0. The Bertz CT molecular complexity index is 999. The number of carboxylic acids is 1. The molecular weight excluding hydrogens is 444 g/mol. The normalized spacial score (nSPS) is 27.2. The number of aliphatic carboxylic acids is 1. The van der Waals surface area contributed by atoms with Crippen LogP contribution in [0.4, 0.5) is 10.5 Å².